The molecular weight excluding hydrogens is 741 g/mol. The van der Waals surface area contributed by atoms with E-state index in [1.807, 2.05) is 30.3 Å². The summed E-state index contributed by atoms with van der Waals surface area (Å²) in [5, 5.41) is 5.57. The van der Waals surface area contributed by atoms with Crippen LogP contribution in [0.5, 0.6) is 5.75 Å². The van der Waals surface area contributed by atoms with Crippen molar-refractivity contribution in [2.45, 2.75) is 32.8 Å². The molecule has 186 valence electrons. The molecule has 0 unspecified atom stereocenters. The van der Waals surface area contributed by atoms with Crippen LogP contribution in [-0.2, 0) is 13.0 Å². The molecule has 0 fully saturated rings. The van der Waals surface area contributed by atoms with Crippen molar-refractivity contribution in [3.63, 3.8) is 0 Å². The van der Waals surface area contributed by atoms with E-state index >= 15 is 0 Å². The summed E-state index contributed by atoms with van der Waals surface area (Å²) in [5.74, 6) is 1.17. The van der Waals surface area contributed by atoms with Crippen LogP contribution in [0.1, 0.15) is 36.7 Å². The molecule has 0 bridgehead atoms. The summed E-state index contributed by atoms with van der Waals surface area (Å²) in [4.78, 5) is 18.1. The normalized spacial score (nSPS) is 11.5. The molecule has 0 aliphatic rings. The molecule has 36 heavy (non-hydrogen) atoms. The third kappa shape index (κ3) is 6.48. The highest BCUT2D eigenvalue weighted by molar-refractivity contribution is 9.11. The van der Waals surface area contributed by atoms with E-state index in [0.29, 0.717) is 50.6 Å². The Balaban J connectivity index is 1.75. The lowest BCUT2D eigenvalue weighted by Gasteiger charge is -2.13. The fraction of sp³-hybridized carbons (Fsp3) is 0.192. The quantitative estimate of drug-likeness (QED) is 0.169. The maximum atomic E-state index is 13.4. The molecule has 0 saturated carbocycles. The highest BCUT2D eigenvalue weighted by Crippen LogP contribution is 2.33. The minimum absolute atomic E-state index is 0.231. The first kappa shape index (κ1) is 27.5. The van der Waals surface area contributed by atoms with E-state index in [1.54, 1.807) is 24.4 Å². The molecule has 10 heteroatoms. The molecular formula is C26H20Br4ClN3O2. The number of aromatic nitrogens is 2. The number of benzene rings is 3. The molecule has 0 saturated heterocycles. The summed E-state index contributed by atoms with van der Waals surface area (Å²) < 4.78 is 10.9. The smallest absolute Gasteiger partial charge is 0.282 e. The Morgan fingerprint density at radius 1 is 1.03 bits per heavy atom. The maximum Gasteiger partial charge on any atom is 0.282 e. The molecule has 0 aliphatic heterocycles. The molecule has 1 aromatic heterocycles. The molecule has 0 N–H and O–H groups in total. The molecule has 3 aromatic carbocycles. The van der Waals surface area contributed by atoms with Crippen LogP contribution in [0.15, 0.2) is 76.3 Å². The first-order chi connectivity index (χ1) is 17.3. The van der Waals surface area contributed by atoms with Crippen LogP contribution in [0, 0.1) is 0 Å². The molecule has 0 radical (unpaired) electrons. The van der Waals surface area contributed by atoms with Crippen LogP contribution in [0.3, 0.4) is 0 Å². The molecule has 4 aromatic rings. The van der Waals surface area contributed by atoms with Gasteiger partial charge in [-0.2, -0.15) is 9.78 Å². The first-order valence-electron chi connectivity index (χ1n) is 11.1. The molecule has 0 amide bonds. The van der Waals surface area contributed by atoms with Gasteiger partial charge in [0.05, 0.1) is 21.6 Å². The van der Waals surface area contributed by atoms with E-state index < -0.39 is 0 Å². The number of rotatable bonds is 8. The summed E-state index contributed by atoms with van der Waals surface area (Å²) in [6, 6.07) is 14.9. The van der Waals surface area contributed by atoms with Crippen LogP contribution >= 0.6 is 75.3 Å². The van der Waals surface area contributed by atoms with Crippen molar-refractivity contribution in [1.29, 1.82) is 0 Å². The molecule has 0 aliphatic carbocycles. The Kier molecular flexibility index (Phi) is 9.44. The Bertz CT molecular complexity index is 1520. The average Bonchev–Trinajstić information content (AvgIpc) is 2.83. The SMILES string of the molecule is CCCCc1nc2ccc(Br)cc2c(=O)n1N=Cc1cc(Cl)cc(Br)c1OCc1ccc(Br)cc1Br. The standard InChI is InChI=1S/C26H20Br4ClN3O2/c1-2-3-4-24-33-23-8-7-17(27)10-20(23)26(35)34(24)32-13-16-9-19(31)12-22(30)25(16)36-14-15-5-6-18(28)11-21(15)29/h5-13H,2-4,14H2,1H3. The zero-order chi connectivity index (χ0) is 25.8. The lowest BCUT2D eigenvalue weighted by molar-refractivity contribution is 0.303. The van der Waals surface area contributed by atoms with Crippen molar-refractivity contribution >= 4 is 92.4 Å². The minimum atomic E-state index is -0.231. The van der Waals surface area contributed by atoms with E-state index in [-0.39, 0.29) is 5.56 Å². The first-order valence-corrected chi connectivity index (χ1v) is 14.6. The number of hydrogen-bond acceptors (Lipinski definition) is 4. The number of halogens is 5. The fourth-order valence-corrected chi connectivity index (χ4v) is 6.02. The number of unbranched alkanes of at least 4 members (excludes halogenated alkanes) is 1. The second-order valence-corrected chi connectivity index (χ2v) is 12.0. The monoisotopic (exact) mass is 757 g/mol. The molecule has 0 atom stereocenters. The Hall–Kier alpha value is -1.52. The van der Waals surface area contributed by atoms with Crippen LogP contribution < -0.4 is 10.3 Å². The number of aryl methyl sites for hydroxylation is 1. The highest BCUT2D eigenvalue weighted by Gasteiger charge is 2.14. The van der Waals surface area contributed by atoms with Crippen molar-refractivity contribution < 1.29 is 4.74 Å². The Morgan fingerprint density at radius 3 is 2.53 bits per heavy atom. The number of hydrogen-bond donors (Lipinski definition) is 0. The number of fused-ring (bicyclic) bond motifs is 1. The van der Waals surface area contributed by atoms with Crippen LogP contribution in [0.2, 0.25) is 5.02 Å². The lowest BCUT2D eigenvalue weighted by atomic mass is 10.2. The van der Waals surface area contributed by atoms with Crippen LogP contribution in [0.25, 0.3) is 10.9 Å². The van der Waals surface area contributed by atoms with Crippen molar-refractivity contribution in [1.82, 2.24) is 9.66 Å². The second kappa shape index (κ2) is 12.3. The van der Waals surface area contributed by atoms with E-state index in [2.05, 4.69) is 75.7 Å². The van der Waals surface area contributed by atoms with Gasteiger partial charge in [0.15, 0.2) is 0 Å². The van der Waals surface area contributed by atoms with Crippen molar-refractivity contribution in [3.8, 4) is 5.75 Å². The zero-order valence-corrected chi connectivity index (χ0v) is 26.2. The summed E-state index contributed by atoms with van der Waals surface area (Å²) in [6.45, 7) is 2.42. The minimum Gasteiger partial charge on any atom is -0.487 e. The second-order valence-electron chi connectivity index (χ2n) is 7.98. The van der Waals surface area contributed by atoms with Crippen molar-refractivity contribution in [3.05, 3.63) is 98.7 Å². The predicted molar refractivity (Wildman–Crippen MR) is 161 cm³/mol. The van der Waals surface area contributed by atoms with Gasteiger partial charge in [-0.1, -0.05) is 78.8 Å². The van der Waals surface area contributed by atoms with Gasteiger partial charge in [-0.15, -0.1) is 0 Å². The van der Waals surface area contributed by atoms with Gasteiger partial charge in [0, 0.05) is 36.0 Å². The van der Waals surface area contributed by atoms with Gasteiger partial charge < -0.3 is 4.74 Å². The maximum absolute atomic E-state index is 13.4. The summed E-state index contributed by atoms with van der Waals surface area (Å²) in [5.41, 5.74) is 2.02. The molecule has 0 spiro atoms. The Labute approximate surface area is 247 Å². The van der Waals surface area contributed by atoms with Gasteiger partial charge in [0.2, 0.25) is 0 Å². The van der Waals surface area contributed by atoms with E-state index in [0.717, 1.165) is 31.8 Å². The Morgan fingerprint density at radius 2 is 1.78 bits per heavy atom. The summed E-state index contributed by atoms with van der Waals surface area (Å²) >= 11 is 20.4. The van der Waals surface area contributed by atoms with E-state index in [1.165, 1.54) is 4.68 Å². The van der Waals surface area contributed by atoms with Crippen LogP contribution in [0.4, 0.5) is 0 Å². The average molecular weight is 762 g/mol. The third-order valence-corrected chi connectivity index (χ3v) is 7.90. The molecule has 1 heterocycles. The van der Waals surface area contributed by atoms with E-state index in [9.17, 15) is 4.79 Å². The lowest BCUT2D eigenvalue weighted by Crippen LogP contribution is -2.22. The van der Waals surface area contributed by atoms with Gasteiger partial charge >= 0.3 is 0 Å². The van der Waals surface area contributed by atoms with Gasteiger partial charge in [-0.3, -0.25) is 4.79 Å². The van der Waals surface area contributed by atoms with Gasteiger partial charge in [0.25, 0.3) is 5.56 Å². The van der Waals surface area contributed by atoms with Crippen molar-refractivity contribution in [2.24, 2.45) is 5.10 Å². The molecule has 5 nitrogen and oxygen atoms in total. The topological polar surface area (TPSA) is 56.5 Å². The largest absolute Gasteiger partial charge is 0.487 e. The highest BCUT2D eigenvalue weighted by atomic mass is 79.9. The number of ether oxygens (including phenoxy) is 1. The van der Waals surface area contributed by atoms with Crippen molar-refractivity contribution in [2.75, 3.05) is 0 Å². The van der Waals surface area contributed by atoms with Gasteiger partial charge in [-0.25, -0.2) is 4.98 Å². The molecule has 4 rings (SSSR count). The fourth-order valence-electron chi connectivity index (χ4n) is 3.55. The summed E-state index contributed by atoms with van der Waals surface area (Å²) in [6.07, 6.45) is 4.09. The summed E-state index contributed by atoms with van der Waals surface area (Å²) in [7, 11) is 0. The zero-order valence-electron chi connectivity index (χ0n) is 19.1. The third-order valence-electron chi connectivity index (χ3n) is 5.37. The van der Waals surface area contributed by atoms with Gasteiger partial charge in [-0.05, 0) is 64.8 Å². The number of nitrogens with zero attached hydrogens (tertiary/aromatic N) is 3. The predicted octanol–water partition coefficient (Wildman–Crippen LogP) is 8.90. The van der Waals surface area contributed by atoms with E-state index in [4.69, 9.17) is 21.3 Å². The van der Waals surface area contributed by atoms with Gasteiger partial charge in [0.1, 0.15) is 18.2 Å². The van der Waals surface area contributed by atoms with Crippen LogP contribution in [-0.4, -0.2) is 15.9 Å².